The number of carboxylic acid groups (broad SMARTS) is 1. The second kappa shape index (κ2) is 15.2. The third-order valence-corrected chi connectivity index (χ3v) is 5.87. The van der Waals surface area contributed by atoms with Crippen molar-refractivity contribution in [2.75, 3.05) is 13.2 Å². The van der Waals surface area contributed by atoms with Gasteiger partial charge in [-0.15, -0.1) is 11.3 Å². The van der Waals surface area contributed by atoms with Gasteiger partial charge in [0.25, 0.3) is 0 Å². The number of aromatic nitrogens is 1. The zero-order chi connectivity index (χ0) is 24.8. The molecule has 36 heavy (non-hydrogen) atoms. The molecule has 0 aliphatic heterocycles. The molecule has 0 spiro atoms. The minimum Gasteiger partial charge on any atom is -1.00 e. The van der Waals surface area contributed by atoms with Crippen LogP contribution in [0.3, 0.4) is 0 Å². The number of carbonyl (C=O) groups excluding carboxylic acids is 1. The molecular formula is C25H24F3NNa2O4S. The van der Waals surface area contributed by atoms with Crippen LogP contribution < -0.4 is 59.1 Å². The molecule has 5 nitrogen and oxygen atoms in total. The number of hydrogen-bond donors (Lipinski definition) is 1. The molecule has 1 N–H and O–H groups in total. The van der Waals surface area contributed by atoms with Crippen LogP contribution in [0.2, 0.25) is 0 Å². The number of aryl methyl sites for hydroxylation is 1. The van der Waals surface area contributed by atoms with E-state index in [1.807, 2.05) is 6.92 Å². The summed E-state index contributed by atoms with van der Waals surface area (Å²) in [7, 11) is 0. The van der Waals surface area contributed by atoms with Crippen LogP contribution in [-0.4, -0.2) is 35.1 Å². The van der Waals surface area contributed by atoms with Gasteiger partial charge in [0.15, 0.2) is 5.01 Å². The Hall–Kier alpha value is -1.30. The molecule has 3 aromatic rings. The van der Waals surface area contributed by atoms with Crippen LogP contribution in [0.4, 0.5) is 13.2 Å². The number of ketones is 1. The predicted molar refractivity (Wildman–Crippen MR) is 126 cm³/mol. The Balaban J connectivity index is 0. The number of halogens is 3. The molecule has 0 aliphatic carbocycles. The Kier molecular flexibility index (Phi) is 13.8. The first-order chi connectivity index (χ1) is 16.2. The molecule has 0 amide bonds. The average molecular weight is 538 g/mol. The van der Waals surface area contributed by atoms with E-state index in [-0.39, 0.29) is 89.4 Å². The fourth-order valence-electron chi connectivity index (χ4n) is 3.24. The summed E-state index contributed by atoms with van der Waals surface area (Å²) in [6.07, 6.45) is 1.99. The normalized spacial score (nSPS) is 11.0. The van der Waals surface area contributed by atoms with Crippen molar-refractivity contribution in [3.63, 3.8) is 0 Å². The van der Waals surface area contributed by atoms with Gasteiger partial charge in [-0.1, -0.05) is 12.1 Å². The van der Waals surface area contributed by atoms with Gasteiger partial charge in [0.1, 0.15) is 17.5 Å². The first-order valence-corrected chi connectivity index (χ1v) is 11.4. The Morgan fingerprint density at radius 3 is 2.44 bits per heavy atom. The molecular weight excluding hydrogens is 513 g/mol. The molecule has 11 heteroatoms. The molecule has 0 bridgehead atoms. The molecule has 182 valence electrons. The summed E-state index contributed by atoms with van der Waals surface area (Å²) in [5, 5.41) is 10.4. The molecule has 1 aromatic heterocycles. The van der Waals surface area contributed by atoms with Crippen molar-refractivity contribution in [1.82, 2.24) is 4.98 Å². The minimum atomic E-state index is -1.32. The Morgan fingerprint density at radius 1 is 1.17 bits per heavy atom. The smallest absolute Gasteiger partial charge is 1.00 e. The molecule has 0 unspecified atom stereocenters. The van der Waals surface area contributed by atoms with Crippen LogP contribution in [0.25, 0.3) is 17.3 Å². The Labute approximate surface area is 258 Å². The number of hydrogen-bond acceptors (Lipinski definition) is 5. The van der Waals surface area contributed by atoms with E-state index < -0.39 is 34.8 Å². The van der Waals surface area contributed by atoms with Crippen LogP contribution in [0, 0.1) is 17.5 Å². The molecule has 0 aliphatic rings. The maximum absolute atomic E-state index is 15.0. The third kappa shape index (κ3) is 8.10. The predicted octanol–water partition coefficient (Wildman–Crippen LogP) is 0.148. The number of ether oxygens (including phenoxy) is 1. The summed E-state index contributed by atoms with van der Waals surface area (Å²) in [5.74, 6) is -4.64. The number of thiazole rings is 1. The van der Waals surface area contributed by atoms with Gasteiger partial charge in [0, 0.05) is 40.9 Å². The van der Waals surface area contributed by atoms with E-state index in [1.165, 1.54) is 12.3 Å². The largest absolute Gasteiger partial charge is 1.00 e. The van der Waals surface area contributed by atoms with Gasteiger partial charge < -0.3 is 12.7 Å². The van der Waals surface area contributed by atoms with E-state index in [9.17, 15) is 18.4 Å². The zero-order valence-electron chi connectivity index (χ0n) is 22.5. The molecule has 0 radical (unpaired) electrons. The van der Waals surface area contributed by atoms with E-state index in [2.05, 4.69) is 4.98 Å². The second-order valence-electron chi connectivity index (χ2n) is 7.43. The van der Waals surface area contributed by atoms with E-state index in [1.54, 1.807) is 18.2 Å². The number of benzene rings is 2. The molecule has 3 rings (SSSR count). The topological polar surface area (TPSA) is 76.5 Å². The van der Waals surface area contributed by atoms with Crippen LogP contribution >= 0.6 is 11.3 Å². The van der Waals surface area contributed by atoms with Crippen LogP contribution in [-0.2, 0) is 16.0 Å². The fourth-order valence-corrected chi connectivity index (χ4v) is 4.02. The second-order valence-corrected chi connectivity index (χ2v) is 8.29. The van der Waals surface area contributed by atoms with Crippen molar-refractivity contribution < 1.29 is 94.6 Å². The van der Waals surface area contributed by atoms with Crippen molar-refractivity contribution in [3.8, 4) is 11.3 Å². The third-order valence-electron chi connectivity index (χ3n) is 5.03. The number of nitrogens with zero attached hydrogens (tertiary/aromatic N) is 1. The first-order valence-electron chi connectivity index (χ1n) is 10.5. The monoisotopic (exact) mass is 537 g/mol. The molecule has 2 aromatic carbocycles. The molecule has 0 saturated carbocycles. The van der Waals surface area contributed by atoms with Gasteiger partial charge in [-0.25, -0.2) is 22.9 Å². The summed E-state index contributed by atoms with van der Waals surface area (Å²) < 4.78 is 49.1. The van der Waals surface area contributed by atoms with E-state index in [0.717, 1.165) is 29.5 Å². The maximum Gasteiger partial charge on any atom is 1.00 e. The van der Waals surface area contributed by atoms with Crippen LogP contribution in [0.5, 0.6) is 0 Å². The van der Waals surface area contributed by atoms with Gasteiger partial charge in [-0.05, 0) is 56.5 Å². The van der Waals surface area contributed by atoms with E-state index in [4.69, 9.17) is 9.84 Å². The molecule has 1 heterocycles. The molecule has 0 fully saturated rings. The van der Waals surface area contributed by atoms with Gasteiger partial charge in [-0.3, -0.25) is 4.79 Å². The quantitative estimate of drug-likeness (QED) is 0.173. The fraction of sp³-hybridized carbons (Fsp3) is 0.240. The first kappa shape index (κ1) is 32.7. The molecule has 0 atom stereocenters. The zero-order valence-corrected chi connectivity index (χ0v) is 25.3. The summed E-state index contributed by atoms with van der Waals surface area (Å²) in [4.78, 5) is 27.9. The number of aliphatic carboxylic acids is 1. The Bertz CT molecular complexity index is 1250. The van der Waals surface area contributed by atoms with E-state index in [0.29, 0.717) is 31.6 Å². The van der Waals surface area contributed by atoms with Gasteiger partial charge >= 0.3 is 65.1 Å². The minimum absolute atomic E-state index is 0. The summed E-state index contributed by atoms with van der Waals surface area (Å²) >= 11 is 0.935. The SMILES string of the molecule is CCOCCCc1cccc(-c2csc(C(=O)c3cc(F)c(/C=C(\C)C(=O)O)c(F)c3)n2)c1F.[H-].[H-].[Na+].[Na+]. The summed E-state index contributed by atoms with van der Waals surface area (Å²) in [6.45, 7) is 4.20. The number of carbonyl (C=O) groups is 2. The number of carboxylic acids is 1. The van der Waals surface area contributed by atoms with Crippen LogP contribution in [0.1, 0.15) is 49.6 Å². The van der Waals surface area contributed by atoms with E-state index >= 15 is 4.39 Å². The van der Waals surface area contributed by atoms with Crippen molar-refractivity contribution in [2.24, 2.45) is 0 Å². The maximum atomic E-state index is 15.0. The van der Waals surface area contributed by atoms with Crippen LogP contribution in [0.15, 0.2) is 41.3 Å². The van der Waals surface area contributed by atoms with Gasteiger partial charge in [-0.2, -0.15) is 0 Å². The molecule has 0 saturated heterocycles. The summed E-state index contributed by atoms with van der Waals surface area (Å²) in [5.41, 5.74) is -0.127. The Morgan fingerprint density at radius 2 is 1.83 bits per heavy atom. The standard InChI is InChI=1S/C25H22F3NO4S.2Na.2H/c1-3-33-9-5-7-15-6-4-8-17(22(15)28)21-13-34-24(29-21)23(30)16-11-19(26)18(20(27)12-16)10-14(2)25(31)32;;;;/h4,6,8,10-13H,3,5,7,9H2,1-2H3,(H,31,32);;;;/q;2*+1;2*-1/b14-10+;;;;. The summed E-state index contributed by atoms with van der Waals surface area (Å²) in [6, 6.07) is 6.58. The van der Waals surface area contributed by atoms with Crippen molar-refractivity contribution in [1.29, 1.82) is 0 Å². The van der Waals surface area contributed by atoms with Crippen molar-refractivity contribution in [2.45, 2.75) is 26.7 Å². The van der Waals surface area contributed by atoms with Gasteiger partial charge in [0.05, 0.1) is 5.69 Å². The number of rotatable bonds is 10. The van der Waals surface area contributed by atoms with Crippen molar-refractivity contribution in [3.05, 3.63) is 80.4 Å². The van der Waals surface area contributed by atoms with Gasteiger partial charge in [0.2, 0.25) is 5.78 Å². The van der Waals surface area contributed by atoms with Crippen molar-refractivity contribution >= 4 is 29.2 Å². The average Bonchev–Trinajstić information content (AvgIpc) is 3.29.